The van der Waals surface area contributed by atoms with Crippen molar-refractivity contribution >= 4 is 17.1 Å². The first-order chi connectivity index (χ1) is 18.1. The van der Waals surface area contributed by atoms with E-state index in [2.05, 4.69) is 25.7 Å². The Morgan fingerprint density at radius 1 is 1.16 bits per heavy atom. The number of aryl methyl sites for hydroxylation is 1. The summed E-state index contributed by atoms with van der Waals surface area (Å²) < 4.78 is 21.9. The Balaban J connectivity index is 1.22. The van der Waals surface area contributed by atoms with Crippen molar-refractivity contribution in [2.75, 3.05) is 5.32 Å². The fourth-order valence-corrected chi connectivity index (χ4v) is 4.33. The van der Waals surface area contributed by atoms with Crippen LogP contribution in [0.5, 0.6) is 0 Å². The summed E-state index contributed by atoms with van der Waals surface area (Å²) in [6, 6.07) is 9.21. The van der Waals surface area contributed by atoms with Gasteiger partial charge in [0, 0.05) is 34.8 Å². The van der Waals surface area contributed by atoms with E-state index in [0.717, 1.165) is 16.7 Å². The first-order valence-electron chi connectivity index (χ1n) is 12.3. The Labute approximate surface area is 217 Å². The lowest BCUT2D eigenvalue weighted by Crippen LogP contribution is -2.26. The standard InChI is InChI=1S/C27H26FN7O3/c1-15-4-5-16(24-32-26(38-33-24)19-9-21(19)28)8-22(15)31-25(36)20-11-30-35-13-17(6-7-23(20)35)18-10-29-34(12-18)14-27(2,3)37/h4-8,10-13,19,21,37H,9,14H2,1-3H3,(H,31,36)/t19-,21-/m0/s1. The van der Waals surface area contributed by atoms with Gasteiger partial charge in [-0.25, -0.2) is 8.91 Å². The van der Waals surface area contributed by atoms with Crippen LogP contribution in [0.3, 0.4) is 0 Å². The summed E-state index contributed by atoms with van der Waals surface area (Å²) in [5, 5.41) is 25.7. The third-order valence-corrected chi connectivity index (χ3v) is 6.49. The van der Waals surface area contributed by atoms with Gasteiger partial charge >= 0.3 is 0 Å². The van der Waals surface area contributed by atoms with Gasteiger partial charge in [0.2, 0.25) is 11.7 Å². The summed E-state index contributed by atoms with van der Waals surface area (Å²) in [5.41, 5.74) is 4.07. The first kappa shape index (κ1) is 24.0. The normalized spacial score (nSPS) is 17.2. The number of amides is 1. The molecule has 0 saturated heterocycles. The lowest BCUT2D eigenvalue weighted by atomic mass is 10.1. The minimum absolute atomic E-state index is 0.300. The molecule has 0 spiro atoms. The zero-order valence-corrected chi connectivity index (χ0v) is 21.1. The van der Waals surface area contributed by atoms with Crippen LogP contribution >= 0.6 is 0 Å². The van der Waals surface area contributed by atoms with Crippen molar-refractivity contribution in [2.45, 2.75) is 51.4 Å². The number of aromatic nitrogens is 6. The number of fused-ring (bicyclic) bond motifs is 1. The van der Waals surface area contributed by atoms with Gasteiger partial charge in [-0.05, 0) is 44.9 Å². The minimum Gasteiger partial charge on any atom is -0.389 e. The second kappa shape index (κ2) is 8.88. The number of alkyl halides is 1. The average Bonchev–Trinajstić information content (AvgIpc) is 3.29. The minimum atomic E-state index is -0.922. The lowest BCUT2D eigenvalue weighted by Gasteiger charge is -2.16. The molecule has 1 fully saturated rings. The van der Waals surface area contributed by atoms with E-state index in [1.54, 1.807) is 35.3 Å². The molecule has 6 rings (SSSR count). The van der Waals surface area contributed by atoms with Crippen LogP contribution in [0.15, 0.2) is 59.6 Å². The van der Waals surface area contributed by atoms with Crippen molar-refractivity contribution in [3.8, 4) is 22.5 Å². The van der Waals surface area contributed by atoms with Gasteiger partial charge in [0.05, 0.1) is 41.5 Å². The molecule has 1 saturated carbocycles. The highest BCUT2D eigenvalue weighted by Crippen LogP contribution is 2.43. The third kappa shape index (κ3) is 4.68. The molecule has 1 amide bonds. The zero-order chi connectivity index (χ0) is 26.6. The third-order valence-electron chi connectivity index (χ3n) is 6.49. The van der Waals surface area contributed by atoms with Crippen molar-refractivity contribution in [3.05, 3.63) is 72.1 Å². The van der Waals surface area contributed by atoms with Gasteiger partial charge < -0.3 is 14.9 Å². The lowest BCUT2D eigenvalue weighted by molar-refractivity contribution is 0.0577. The van der Waals surface area contributed by atoms with Crippen LogP contribution in [0.1, 0.15) is 48.0 Å². The fourth-order valence-electron chi connectivity index (χ4n) is 4.33. The Hall–Kier alpha value is -4.38. The molecule has 1 aliphatic carbocycles. The zero-order valence-electron chi connectivity index (χ0n) is 21.1. The van der Waals surface area contributed by atoms with Crippen LogP contribution in [0.4, 0.5) is 10.1 Å². The van der Waals surface area contributed by atoms with E-state index >= 15 is 0 Å². The molecule has 194 valence electrons. The highest BCUT2D eigenvalue weighted by atomic mass is 19.1. The van der Waals surface area contributed by atoms with Crippen molar-refractivity contribution < 1.29 is 18.8 Å². The molecule has 0 unspecified atom stereocenters. The highest BCUT2D eigenvalue weighted by molar-refractivity contribution is 6.09. The van der Waals surface area contributed by atoms with Gasteiger partial charge in [0.15, 0.2) is 0 Å². The predicted molar refractivity (Wildman–Crippen MR) is 137 cm³/mol. The summed E-state index contributed by atoms with van der Waals surface area (Å²) in [6.45, 7) is 5.72. The van der Waals surface area contributed by atoms with Crippen molar-refractivity contribution in [1.29, 1.82) is 0 Å². The van der Waals surface area contributed by atoms with Gasteiger partial charge in [-0.3, -0.25) is 9.48 Å². The molecular formula is C27H26FN7O3. The summed E-state index contributed by atoms with van der Waals surface area (Å²) in [7, 11) is 0. The Morgan fingerprint density at radius 2 is 1.95 bits per heavy atom. The maximum Gasteiger partial charge on any atom is 0.259 e. The van der Waals surface area contributed by atoms with E-state index < -0.39 is 11.8 Å². The monoisotopic (exact) mass is 515 g/mol. The van der Waals surface area contributed by atoms with E-state index in [9.17, 15) is 14.3 Å². The molecule has 1 aromatic carbocycles. The smallest absolute Gasteiger partial charge is 0.259 e. The van der Waals surface area contributed by atoms with E-state index in [1.807, 2.05) is 43.6 Å². The average molecular weight is 516 g/mol. The van der Waals surface area contributed by atoms with Crippen molar-refractivity contribution in [1.82, 2.24) is 29.5 Å². The van der Waals surface area contributed by atoms with Crippen LogP contribution in [-0.4, -0.2) is 52.3 Å². The quantitative estimate of drug-likeness (QED) is 0.329. The van der Waals surface area contributed by atoms with E-state index in [4.69, 9.17) is 4.52 Å². The molecule has 1 aliphatic rings. The van der Waals surface area contributed by atoms with Gasteiger partial charge in [-0.2, -0.15) is 15.2 Å². The number of halogens is 1. The molecule has 11 heteroatoms. The maximum absolute atomic E-state index is 13.3. The molecule has 2 atom stereocenters. The van der Waals surface area contributed by atoms with E-state index in [1.165, 1.54) is 6.20 Å². The summed E-state index contributed by atoms with van der Waals surface area (Å²) in [5.74, 6) is 0.0249. The van der Waals surface area contributed by atoms with Crippen LogP contribution in [0.2, 0.25) is 0 Å². The molecule has 38 heavy (non-hydrogen) atoms. The number of carbonyl (C=O) groups is 1. The van der Waals surface area contributed by atoms with Crippen LogP contribution in [0.25, 0.3) is 28.0 Å². The van der Waals surface area contributed by atoms with Gasteiger partial charge in [0.1, 0.15) is 6.17 Å². The molecule has 0 radical (unpaired) electrons. The molecule has 4 heterocycles. The number of hydrogen-bond acceptors (Lipinski definition) is 7. The molecule has 4 aromatic heterocycles. The molecular weight excluding hydrogens is 489 g/mol. The number of anilines is 1. The number of nitrogens with one attached hydrogen (secondary N) is 1. The number of hydrogen-bond donors (Lipinski definition) is 2. The number of carbonyl (C=O) groups excluding carboxylic acids is 1. The number of aliphatic hydroxyl groups is 1. The Kier molecular flexibility index (Phi) is 5.60. The molecule has 0 aliphatic heterocycles. The number of nitrogens with zero attached hydrogens (tertiary/aromatic N) is 6. The summed E-state index contributed by atoms with van der Waals surface area (Å²) >= 11 is 0. The van der Waals surface area contributed by atoms with Crippen molar-refractivity contribution in [3.63, 3.8) is 0 Å². The predicted octanol–water partition coefficient (Wildman–Crippen LogP) is 4.40. The van der Waals surface area contributed by atoms with Gasteiger partial charge in [-0.15, -0.1) is 0 Å². The summed E-state index contributed by atoms with van der Waals surface area (Å²) in [4.78, 5) is 17.5. The topological polar surface area (TPSA) is 123 Å². The number of rotatable bonds is 7. The van der Waals surface area contributed by atoms with E-state index in [0.29, 0.717) is 47.0 Å². The fraction of sp³-hybridized carbons (Fsp3) is 0.296. The largest absolute Gasteiger partial charge is 0.389 e. The van der Waals surface area contributed by atoms with Gasteiger partial charge in [-0.1, -0.05) is 23.4 Å². The molecule has 5 aromatic rings. The molecule has 2 N–H and O–H groups in total. The molecule has 10 nitrogen and oxygen atoms in total. The van der Waals surface area contributed by atoms with Crippen LogP contribution < -0.4 is 5.32 Å². The number of pyridine rings is 1. The van der Waals surface area contributed by atoms with Crippen molar-refractivity contribution in [2.24, 2.45) is 0 Å². The second-order valence-electron chi connectivity index (χ2n) is 10.3. The van der Waals surface area contributed by atoms with E-state index in [-0.39, 0.29) is 11.8 Å². The van der Waals surface area contributed by atoms with Crippen LogP contribution in [0, 0.1) is 6.92 Å². The Morgan fingerprint density at radius 3 is 2.71 bits per heavy atom. The Bertz CT molecular complexity index is 1660. The summed E-state index contributed by atoms with van der Waals surface area (Å²) in [6.07, 6.45) is 6.43. The number of benzene rings is 1. The molecule has 0 bridgehead atoms. The second-order valence-corrected chi connectivity index (χ2v) is 10.3. The van der Waals surface area contributed by atoms with Gasteiger partial charge in [0.25, 0.3) is 5.91 Å². The highest BCUT2D eigenvalue weighted by Gasteiger charge is 2.43. The maximum atomic E-state index is 13.3. The van der Waals surface area contributed by atoms with Crippen LogP contribution in [-0.2, 0) is 6.54 Å². The SMILES string of the molecule is Cc1ccc(-c2noc([C@H]3C[C@@H]3F)n2)cc1NC(=O)c1cnn2cc(-c3cnn(CC(C)(C)O)c3)ccc12. The first-order valence-corrected chi connectivity index (χ1v) is 12.3.